The third kappa shape index (κ3) is 5.79. The third-order valence-corrected chi connectivity index (χ3v) is 9.01. The summed E-state index contributed by atoms with van der Waals surface area (Å²) in [5.41, 5.74) is 9.82. The van der Waals surface area contributed by atoms with Gasteiger partial charge in [-0.3, -0.25) is 9.40 Å². The van der Waals surface area contributed by atoms with Crippen molar-refractivity contribution in [3.05, 3.63) is 71.1 Å². The quantitative estimate of drug-likeness (QED) is 0.206. The molecule has 0 radical (unpaired) electrons. The molecule has 1 aliphatic carbocycles. The average molecular weight is 601 g/mol. The molecule has 5 rings (SSSR count). The molecule has 0 aliphatic heterocycles. The molecule has 0 fully saturated rings. The van der Waals surface area contributed by atoms with Crippen LogP contribution in [0, 0.1) is 5.82 Å². The maximum absolute atomic E-state index is 15.4. The number of alkyl halides is 1. The Hall–Kier alpha value is -3.54. The van der Waals surface area contributed by atoms with Crippen molar-refractivity contribution in [2.24, 2.45) is 0 Å². The van der Waals surface area contributed by atoms with Gasteiger partial charge in [0.1, 0.15) is 28.9 Å². The number of rotatable bonds is 9. The normalized spacial score (nSPS) is 15.9. The van der Waals surface area contributed by atoms with Crippen molar-refractivity contribution < 1.29 is 17.2 Å². The molecule has 4 N–H and O–H groups in total. The second kappa shape index (κ2) is 11.8. The zero-order valence-corrected chi connectivity index (χ0v) is 24.2. The number of hydrogen-bond acceptors (Lipinski definition) is 6. The number of halogens is 3. The maximum atomic E-state index is 15.4. The molecule has 0 bridgehead atoms. The van der Waals surface area contributed by atoms with Crippen LogP contribution in [-0.2, 0) is 10.0 Å². The fourth-order valence-corrected chi connectivity index (χ4v) is 6.72. The van der Waals surface area contributed by atoms with Crippen molar-refractivity contribution >= 4 is 49.6 Å². The maximum Gasteiger partial charge on any atom is 0.263 e. The van der Waals surface area contributed by atoms with E-state index in [1.54, 1.807) is 18.3 Å². The summed E-state index contributed by atoms with van der Waals surface area (Å²) in [5.74, 6) is -0.525. The summed E-state index contributed by atoms with van der Waals surface area (Å²) in [6.45, 7) is 3.93. The van der Waals surface area contributed by atoms with Gasteiger partial charge in [-0.2, -0.15) is 5.10 Å². The number of aromatic nitrogens is 3. The van der Waals surface area contributed by atoms with Crippen LogP contribution in [0.15, 0.2) is 59.6 Å². The van der Waals surface area contributed by atoms with E-state index in [2.05, 4.69) is 21.1 Å². The molecular formula is C29H31ClF2N6O2S. The Morgan fingerprint density at radius 2 is 2.00 bits per heavy atom. The average Bonchev–Trinajstić information content (AvgIpc) is 3.36. The second-order valence-electron chi connectivity index (χ2n) is 10.2. The number of sulfonamides is 1. The van der Waals surface area contributed by atoms with Crippen LogP contribution in [0.5, 0.6) is 0 Å². The molecule has 1 aliphatic rings. The molecule has 0 spiro atoms. The SMILES string of the molecule is CC(C)n1nc(-c2ccc(NS(=O)(=O)c3ccccc3Cl)c(F)c2)c2c(N)ncc(C3=CC[C@H](NCCF)CC3)c21. The van der Waals surface area contributed by atoms with E-state index in [1.807, 2.05) is 18.5 Å². The lowest BCUT2D eigenvalue weighted by atomic mass is 9.90. The number of nitrogens with zero attached hydrogens (tertiary/aromatic N) is 3. The van der Waals surface area contributed by atoms with Crippen LogP contribution in [0.25, 0.3) is 27.7 Å². The summed E-state index contributed by atoms with van der Waals surface area (Å²) < 4.78 is 57.8. The minimum atomic E-state index is -4.12. The number of benzene rings is 2. The standard InChI is InChI=1S/C29H31ClF2N6O2S/c1-17(2)38-28-21(18-7-10-20(11-8-18)34-14-13-31)16-35-29(33)26(28)27(36-38)19-9-12-24(23(32)15-19)37-41(39,40)25-6-4-3-5-22(25)30/h3-7,9,12,15-17,20,34,37H,8,10-11,13-14H2,1-2H3,(H2,33,35)/t20-/m0/s1. The van der Waals surface area contributed by atoms with E-state index < -0.39 is 22.5 Å². The van der Waals surface area contributed by atoms with Gasteiger partial charge >= 0.3 is 0 Å². The number of allylic oxidation sites excluding steroid dienone is 1. The first-order valence-electron chi connectivity index (χ1n) is 13.3. The first kappa shape index (κ1) is 29.0. The van der Waals surface area contributed by atoms with Crippen molar-refractivity contribution in [1.82, 2.24) is 20.1 Å². The van der Waals surface area contributed by atoms with Crippen LogP contribution in [0.1, 0.15) is 44.7 Å². The number of fused-ring (bicyclic) bond motifs is 1. The van der Waals surface area contributed by atoms with E-state index in [4.69, 9.17) is 22.4 Å². The lowest BCUT2D eigenvalue weighted by Gasteiger charge is -2.23. The van der Waals surface area contributed by atoms with E-state index in [9.17, 15) is 12.8 Å². The molecule has 2 heterocycles. The molecule has 2 aromatic carbocycles. The van der Waals surface area contributed by atoms with Crippen molar-refractivity contribution in [3.8, 4) is 11.3 Å². The number of nitrogens with one attached hydrogen (secondary N) is 2. The van der Waals surface area contributed by atoms with Crippen molar-refractivity contribution in [2.75, 3.05) is 23.7 Å². The van der Waals surface area contributed by atoms with Crippen LogP contribution < -0.4 is 15.8 Å². The predicted octanol–water partition coefficient (Wildman–Crippen LogP) is 6.35. The van der Waals surface area contributed by atoms with Crippen molar-refractivity contribution in [2.45, 2.75) is 50.1 Å². The highest BCUT2D eigenvalue weighted by Crippen LogP contribution is 2.40. The monoisotopic (exact) mass is 600 g/mol. The van der Waals surface area contributed by atoms with E-state index >= 15 is 4.39 Å². The summed E-state index contributed by atoms with van der Waals surface area (Å²) in [6.07, 6.45) is 6.29. The lowest BCUT2D eigenvalue weighted by Crippen LogP contribution is -2.31. The van der Waals surface area contributed by atoms with Gasteiger partial charge in [-0.1, -0.05) is 35.9 Å². The first-order valence-corrected chi connectivity index (χ1v) is 15.2. The Labute approximate surface area is 242 Å². The van der Waals surface area contributed by atoms with Gasteiger partial charge in [-0.15, -0.1) is 0 Å². The van der Waals surface area contributed by atoms with Crippen molar-refractivity contribution in [1.29, 1.82) is 0 Å². The van der Waals surface area contributed by atoms with E-state index in [1.165, 1.54) is 30.3 Å². The fraction of sp³-hybridized carbons (Fsp3) is 0.310. The Morgan fingerprint density at radius 1 is 1.22 bits per heavy atom. The van der Waals surface area contributed by atoms with Crippen LogP contribution >= 0.6 is 11.6 Å². The van der Waals surface area contributed by atoms with Gasteiger partial charge in [-0.25, -0.2) is 22.2 Å². The van der Waals surface area contributed by atoms with Crippen LogP contribution in [-0.4, -0.2) is 42.4 Å². The predicted molar refractivity (Wildman–Crippen MR) is 160 cm³/mol. The molecule has 2 aromatic heterocycles. The number of pyridine rings is 1. The van der Waals surface area contributed by atoms with Gasteiger partial charge in [0.05, 0.1) is 21.6 Å². The summed E-state index contributed by atoms with van der Waals surface area (Å²) in [5, 5.41) is 8.68. The Morgan fingerprint density at radius 3 is 2.66 bits per heavy atom. The van der Waals surface area contributed by atoms with Gasteiger partial charge in [0.2, 0.25) is 0 Å². The highest BCUT2D eigenvalue weighted by molar-refractivity contribution is 7.92. The topological polar surface area (TPSA) is 115 Å². The molecular weight excluding hydrogens is 570 g/mol. The molecule has 0 saturated heterocycles. The zero-order chi connectivity index (χ0) is 29.3. The molecule has 0 amide bonds. The number of nitrogens with two attached hydrogens (primary N) is 1. The Balaban J connectivity index is 1.54. The smallest absolute Gasteiger partial charge is 0.263 e. The van der Waals surface area contributed by atoms with Gasteiger partial charge < -0.3 is 11.1 Å². The third-order valence-electron chi connectivity index (χ3n) is 7.14. The molecule has 1 atom stereocenters. The molecule has 12 heteroatoms. The van der Waals surface area contributed by atoms with Crippen LogP contribution in [0.4, 0.5) is 20.3 Å². The summed E-state index contributed by atoms with van der Waals surface area (Å²) in [7, 11) is -4.12. The molecule has 216 valence electrons. The van der Waals surface area contributed by atoms with E-state index in [0.717, 1.165) is 35.9 Å². The van der Waals surface area contributed by atoms with E-state index in [-0.39, 0.29) is 33.5 Å². The highest BCUT2D eigenvalue weighted by atomic mass is 35.5. The van der Waals surface area contributed by atoms with Gasteiger partial charge in [-0.05, 0) is 62.9 Å². The van der Waals surface area contributed by atoms with Crippen LogP contribution in [0.2, 0.25) is 5.02 Å². The van der Waals surface area contributed by atoms with Gasteiger partial charge in [0.25, 0.3) is 10.0 Å². The van der Waals surface area contributed by atoms with Gasteiger partial charge in [0.15, 0.2) is 0 Å². The first-order chi connectivity index (χ1) is 19.6. The number of hydrogen-bond donors (Lipinski definition) is 3. The molecule has 8 nitrogen and oxygen atoms in total. The minimum Gasteiger partial charge on any atom is -0.383 e. The Kier molecular flexibility index (Phi) is 8.30. The van der Waals surface area contributed by atoms with Gasteiger partial charge in [0, 0.05) is 36.0 Å². The molecule has 41 heavy (non-hydrogen) atoms. The lowest BCUT2D eigenvalue weighted by molar-refractivity contribution is 0.415. The highest BCUT2D eigenvalue weighted by Gasteiger charge is 2.25. The zero-order valence-electron chi connectivity index (χ0n) is 22.7. The molecule has 0 saturated carbocycles. The molecule has 0 unspecified atom stereocenters. The largest absolute Gasteiger partial charge is 0.383 e. The van der Waals surface area contributed by atoms with Crippen LogP contribution in [0.3, 0.4) is 0 Å². The summed E-state index contributed by atoms with van der Waals surface area (Å²) in [4.78, 5) is 4.31. The summed E-state index contributed by atoms with van der Waals surface area (Å²) >= 11 is 6.05. The number of nitrogen functional groups attached to an aromatic ring is 1. The number of anilines is 2. The van der Waals surface area contributed by atoms with Crippen molar-refractivity contribution in [3.63, 3.8) is 0 Å². The molecule has 4 aromatic rings. The van der Waals surface area contributed by atoms with E-state index in [0.29, 0.717) is 23.2 Å². The Bertz CT molecular complexity index is 1740. The minimum absolute atomic E-state index is 0.0288. The fourth-order valence-electron chi connectivity index (χ4n) is 5.14. The summed E-state index contributed by atoms with van der Waals surface area (Å²) in [6, 6.07) is 10.3. The second-order valence-corrected chi connectivity index (χ2v) is 12.3.